The summed E-state index contributed by atoms with van der Waals surface area (Å²) < 4.78 is 37.2. The van der Waals surface area contributed by atoms with Crippen molar-refractivity contribution < 1.29 is 23.0 Å². The number of rotatable bonds is 3. The number of hydrogen-bond donors (Lipinski definition) is 0. The fourth-order valence-electron chi connectivity index (χ4n) is 1.69. The third-order valence-corrected chi connectivity index (χ3v) is 2.61. The molecule has 0 aromatic heterocycles. The Balaban J connectivity index is 2.21. The molecule has 92 valence electrons. The van der Waals surface area contributed by atoms with E-state index in [0.29, 0.717) is 13.2 Å². The number of benzene rings is 1. The Morgan fingerprint density at radius 2 is 2.00 bits per heavy atom. The van der Waals surface area contributed by atoms with Gasteiger partial charge in [0.05, 0.1) is 25.2 Å². The number of ether oxygens (including phenoxy) is 2. The van der Waals surface area contributed by atoms with Crippen LogP contribution in [0.1, 0.15) is 22.3 Å². The molecular weight excluding hydrogens is 230 g/mol. The van der Waals surface area contributed by atoms with Gasteiger partial charge < -0.3 is 9.47 Å². The van der Waals surface area contributed by atoms with E-state index in [4.69, 9.17) is 9.47 Å². The fraction of sp³-hybridized carbons (Fsp3) is 0.417. The molecule has 1 saturated heterocycles. The van der Waals surface area contributed by atoms with Crippen LogP contribution in [0, 0.1) is 18.6 Å². The minimum atomic E-state index is -0.851. The largest absolute Gasteiger partial charge is 0.350 e. The zero-order chi connectivity index (χ0) is 12.4. The van der Waals surface area contributed by atoms with Gasteiger partial charge in [-0.15, -0.1) is 0 Å². The minimum Gasteiger partial charge on any atom is -0.350 e. The average molecular weight is 242 g/mol. The van der Waals surface area contributed by atoms with Gasteiger partial charge in [0.1, 0.15) is 11.6 Å². The summed E-state index contributed by atoms with van der Waals surface area (Å²) in [5.41, 5.74) is -0.271. The molecule has 2 rings (SSSR count). The lowest BCUT2D eigenvalue weighted by molar-refractivity contribution is -0.0408. The van der Waals surface area contributed by atoms with Crippen LogP contribution in [0.15, 0.2) is 12.1 Å². The normalized spacial score (nSPS) is 16.4. The molecule has 1 aliphatic heterocycles. The molecule has 0 amide bonds. The first kappa shape index (κ1) is 12.1. The zero-order valence-electron chi connectivity index (χ0n) is 9.33. The second-order valence-electron chi connectivity index (χ2n) is 3.85. The second kappa shape index (κ2) is 4.89. The average Bonchev–Trinajstić information content (AvgIpc) is 2.77. The van der Waals surface area contributed by atoms with E-state index in [9.17, 15) is 13.6 Å². The van der Waals surface area contributed by atoms with Gasteiger partial charge in [-0.3, -0.25) is 4.79 Å². The lowest BCUT2D eigenvalue weighted by atomic mass is 10.0. The molecule has 17 heavy (non-hydrogen) atoms. The van der Waals surface area contributed by atoms with Crippen molar-refractivity contribution in [3.05, 3.63) is 34.9 Å². The summed E-state index contributed by atoms with van der Waals surface area (Å²) in [5, 5.41) is 0. The zero-order valence-corrected chi connectivity index (χ0v) is 9.33. The Bertz CT molecular complexity index is 440. The molecule has 1 aromatic carbocycles. The van der Waals surface area contributed by atoms with Crippen molar-refractivity contribution in [1.29, 1.82) is 0 Å². The third-order valence-electron chi connectivity index (χ3n) is 2.61. The van der Waals surface area contributed by atoms with Crippen LogP contribution in [0.2, 0.25) is 0 Å². The van der Waals surface area contributed by atoms with E-state index in [1.807, 2.05) is 0 Å². The summed E-state index contributed by atoms with van der Waals surface area (Å²) in [6, 6.07) is 2.38. The standard InChI is InChI=1S/C12H12F2O3/c1-7-2-3-8(13)11(12(7)14)9(15)6-10-16-4-5-17-10/h2-3,10H,4-6H2,1H3. The van der Waals surface area contributed by atoms with E-state index in [2.05, 4.69) is 0 Å². The van der Waals surface area contributed by atoms with Crippen LogP contribution >= 0.6 is 0 Å². The molecule has 0 spiro atoms. The van der Waals surface area contributed by atoms with Crippen LogP contribution in [0.3, 0.4) is 0 Å². The van der Waals surface area contributed by atoms with Gasteiger partial charge in [-0.1, -0.05) is 6.07 Å². The van der Waals surface area contributed by atoms with E-state index < -0.39 is 29.3 Å². The molecule has 0 atom stereocenters. The van der Waals surface area contributed by atoms with Crippen molar-refractivity contribution in [1.82, 2.24) is 0 Å². The Hall–Kier alpha value is -1.33. The van der Waals surface area contributed by atoms with E-state index in [1.165, 1.54) is 13.0 Å². The van der Waals surface area contributed by atoms with Gasteiger partial charge in [0.2, 0.25) is 0 Å². The molecule has 0 saturated carbocycles. The second-order valence-corrected chi connectivity index (χ2v) is 3.85. The number of aryl methyl sites for hydroxylation is 1. The smallest absolute Gasteiger partial charge is 0.173 e. The quantitative estimate of drug-likeness (QED) is 0.762. The van der Waals surface area contributed by atoms with Crippen LogP contribution in [0.4, 0.5) is 8.78 Å². The number of halogens is 2. The minimum absolute atomic E-state index is 0.169. The highest BCUT2D eigenvalue weighted by atomic mass is 19.1. The number of ketones is 1. The molecule has 3 nitrogen and oxygen atoms in total. The van der Waals surface area contributed by atoms with Crippen molar-refractivity contribution in [3.63, 3.8) is 0 Å². The molecule has 5 heteroatoms. The highest BCUT2D eigenvalue weighted by molar-refractivity contribution is 5.97. The molecule has 1 aromatic rings. The van der Waals surface area contributed by atoms with Crippen molar-refractivity contribution in [3.8, 4) is 0 Å². The topological polar surface area (TPSA) is 35.5 Å². The predicted molar refractivity (Wildman–Crippen MR) is 55.7 cm³/mol. The molecule has 1 heterocycles. The number of carbonyl (C=O) groups excluding carboxylic acids is 1. The molecule has 0 unspecified atom stereocenters. The van der Waals surface area contributed by atoms with Crippen LogP contribution in [-0.2, 0) is 9.47 Å². The van der Waals surface area contributed by atoms with Gasteiger partial charge >= 0.3 is 0 Å². The Morgan fingerprint density at radius 3 is 2.65 bits per heavy atom. The summed E-state index contributed by atoms with van der Waals surface area (Å²) in [4.78, 5) is 11.8. The van der Waals surface area contributed by atoms with Crippen LogP contribution in [-0.4, -0.2) is 25.3 Å². The summed E-state index contributed by atoms with van der Waals surface area (Å²) in [6.45, 7) is 2.28. The van der Waals surface area contributed by atoms with Crippen LogP contribution in [0.5, 0.6) is 0 Å². The first-order chi connectivity index (χ1) is 8.09. The molecule has 0 radical (unpaired) electrons. The van der Waals surface area contributed by atoms with Crippen LogP contribution in [0.25, 0.3) is 0 Å². The number of hydrogen-bond acceptors (Lipinski definition) is 3. The van der Waals surface area contributed by atoms with Crippen molar-refractivity contribution >= 4 is 5.78 Å². The predicted octanol–water partition coefficient (Wildman–Crippen LogP) is 2.22. The SMILES string of the molecule is Cc1ccc(F)c(C(=O)CC2OCCO2)c1F. The van der Waals surface area contributed by atoms with Crippen molar-refractivity contribution in [2.24, 2.45) is 0 Å². The Labute approximate surface area is 97.3 Å². The first-order valence-corrected chi connectivity index (χ1v) is 5.30. The fourth-order valence-corrected chi connectivity index (χ4v) is 1.69. The van der Waals surface area contributed by atoms with Gasteiger partial charge in [-0.2, -0.15) is 0 Å². The van der Waals surface area contributed by atoms with Crippen LogP contribution < -0.4 is 0 Å². The summed E-state index contributed by atoms with van der Waals surface area (Å²) >= 11 is 0. The van der Waals surface area contributed by atoms with Gasteiger partial charge in [-0.05, 0) is 18.6 Å². The van der Waals surface area contributed by atoms with Gasteiger partial charge in [0, 0.05) is 0 Å². The van der Waals surface area contributed by atoms with E-state index in [0.717, 1.165) is 6.07 Å². The Morgan fingerprint density at radius 1 is 1.35 bits per heavy atom. The van der Waals surface area contributed by atoms with Crippen molar-refractivity contribution in [2.45, 2.75) is 19.6 Å². The Kier molecular flexibility index (Phi) is 3.49. The number of Topliss-reactive ketones (excluding diaryl/α,β-unsaturated/α-hetero) is 1. The monoisotopic (exact) mass is 242 g/mol. The molecular formula is C12H12F2O3. The van der Waals surface area contributed by atoms with Gasteiger partial charge in [-0.25, -0.2) is 8.78 Å². The van der Waals surface area contributed by atoms with E-state index in [1.54, 1.807) is 0 Å². The maximum Gasteiger partial charge on any atom is 0.173 e. The van der Waals surface area contributed by atoms with Gasteiger partial charge in [0.15, 0.2) is 12.1 Å². The van der Waals surface area contributed by atoms with E-state index >= 15 is 0 Å². The summed E-state index contributed by atoms with van der Waals surface area (Å²) in [6.07, 6.45) is -0.862. The van der Waals surface area contributed by atoms with Gasteiger partial charge in [0.25, 0.3) is 0 Å². The maximum atomic E-state index is 13.6. The highest BCUT2D eigenvalue weighted by Crippen LogP contribution is 2.20. The molecule has 0 N–H and O–H groups in total. The highest BCUT2D eigenvalue weighted by Gasteiger charge is 2.25. The molecule has 0 bridgehead atoms. The first-order valence-electron chi connectivity index (χ1n) is 5.30. The van der Waals surface area contributed by atoms with E-state index in [-0.39, 0.29) is 12.0 Å². The number of carbonyl (C=O) groups is 1. The third kappa shape index (κ3) is 2.50. The lowest BCUT2D eigenvalue weighted by Gasteiger charge is -2.10. The molecule has 0 aliphatic carbocycles. The summed E-state index contributed by atoms with van der Waals surface area (Å²) in [7, 11) is 0. The maximum absolute atomic E-state index is 13.6. The summed E-state index contributed by atoms with van der Waals surface area (Å²) in [5.74, 6) is -2.31. The molecule has 1 aliphatic rings. The lowest BCUT2D eigenvalue weighted by Crippen LogP contribution is -2.17. The van der Waals surface area contributed by atoms with Crippen molar-refractivity contribution in [2.75, 3.05) is 13.2 Å². The molecule has 1 fully saturated rings.